The van der Waals surface area contributed by atoms with Crippen molar-refractivity contribution in [1.82, 2.24) is 10.3 Å². The number of nitrogens with one attached hydrogen (secondary N) is 1. The van der Waals surface area contributed by atoms with Gasteiger partial charge in [0.25, 0.3) is 0 Å². The fourth-order valence-corrected chi connectivity index (χ4v) is 4.23. The molecule has 1 aliphatic rings. The summed E-state index contributed by atoms with van der Waals surface area (Å²) < 4.78 is 0. The van der Waals surface area contributed by atoms with Gasteiger partial charge in [0.1, 0.15) is 5.01 Å². The zero-order valence-electron chi connectivity index (χ0n) is 12.9. The molecular formula is C16H28N2S. The van der Waals surface area contributed by atoms with Gasteiger partial charge >= 0.3 is 0 Å². The second kappa shape index (κ2) is 5.92. The molecule has 2 nitrogen and oxygen atoms in total. The largest absolute Gasteiger partial charge is 0.308 e. The highest BCUT2D eigenvalue weighted by Gasteiger charge is 2.34. The molecule has 0 saturated heterocycles. The predicted molar refractivity (Wildman–Crippen MR) is 83.9 cm³/mol. The summed E-state index contributed by atoms with van der Waals surface area (Å²) in [6, 6.07) is 0. The third-order valence-electron chi connectivity index (χ3n) is 4.37. The van der Waals surface area contributed by atoms with Gasteiger partial charge in [-0.3, -0.25) is 0 Å². The summed E-state index contributed by atoms with van der Waals surface area (Å²) in [5.41, 5.74) is 1.53. The van der Waals surface area contributed by atoms with Gasteiger partial charge in [-0.25, -0.2) is 4.98 Å². The number of nitrogens with zero attached hydrogens (tertiary/aromatic N) is 1. The number of hydrogen-bond acceptors (Lipinski definition) is 3. The van der Waals surface area contributed by atoms with Crippen LogP contribution in [0.15, 0.2) is 5.38 Å². The first-order valence-electron chi connectivity index (χ1n) is 7.63. The quantitative estimate of drug-likeness (QED) is 0.856. The topological polar surface area (TPSA) is 24.9 Å². The summed E-state index contributed by atoms with van der Waals surface area (Å²) in [4.78, 5) is 4.98. The van der Waals surface area contributed by atoms with E-state index in [1.807, 2.05) is 11.3 Å². The van der Waals surface area contributed by atoms with Crippen molar-refractivity contribution in [1.29, 1.82) is 0 Å². The summed E-state index contributed by atoms with van der Waals surface area (Å²) in [5, 5.41) is 7.18. The Labute approximate surface area is 122 Å². The molecule has 0 spiro atoms. The second-order valence-electron chi connectivity index (χ2n) is 6.89. The van der Waals surface area contributed by atoms with Gasteiger partial charge in [0.15, 0.2) is 0 Å². The number of aromatic nitrogens is 1. The summed E-state index contributed by atoms with van der Waals surface area (Å²) in [5.74, 6) is 0. The average molecular weight is 280 g/mol. The zero-order valence-corrected chi connectivity index (χ0v) is 13.7. The summed E-state index contributed by atoms with van der Waals surface area (Å²) in [6.07, 6.45) is 9.28. The van der Waals surface area contributed by atoms with Crippen molar-refractivity contribution in [2.75, 3.05) is 7.05 Å². The minimum Gasteiger partial charge on any atom is -0.308 e. The predicted octanol–water partition coefficient (Wildman–Crippen LogP) is 4.60. The molecule has 0 aliphatic heterocycles. The lowest BCUT2D eigenvalue weighted by Gasteiger charge is -2.33. The molecule has 19 heavy (non-hydrogen) atoms. The molecule has 1 heterocycles. The number of rotatable bonds is 2. The van der Waals surface area contributed by atoms with Crippen LogP contribution in [0.4, 0.5) is 0 Å². The lowest BCUT2D eigenvalue weighted by molar-refractivity contribution is 0.268. The van der Waals surface area contributed by atoms with Crippen molar-refractivity contribution >= 4 is 11.3 Å². The Hall–Kier alpha value is -0.410. The van der Waals surface area contributed by atoms with Gasteiger partial charge in [0.2, 0.25) is 0 Å². The van der Waals surface area contributed by atoms with E-state index >= 15 is 0 Å². The zero-order chi connectivity index (χ0) is 13.9. The molecule has 1 aromatic rings. The fraction of sp³-hybridized carbons (Fsp3) is 0.812. The summed E-state index contributed by atoms with van der Waals surface area (Å²) in [7, 11) is 2.11. The maximum absolute atomic E-state index is 4.98. The van der Waals surface area contributed by atoms with E-state index in [1.165, 1.54) is 55.6 Å². The van der Waals surface area contributed by atoms with E-state index in [-0.39, 0.29) is 11.0 Å². The maximum Gasteiger partial charge on any atom is 0.113 e. The Balaban J connectivity index is 2.26. The maximum atomic E-state index is 4.98. The fourth-order valence-electron chi connectivity index (χ4n) is 2.92. The lowest BCUT2D eigenvalue weighted by Crippen LogP contribution is -2.40. The molecule has 1 aromatic heterocycles. The van der Waals surface area contributed by atoms with E-state index in [0.29, 0.717) is 0 Å². The van der Waals surface area contributed by atoms with Crippen LogP contribution in [0.1, 0.15) is 76.4 Å². The first-order valence-corrected chi connectivity index (χ1v) is 8.51. The first kappa shape index (κ1) is 15.0. The van der Waals surface area contributed by atoms with Crippen molar-refractivity contribution in [3.63, 3.8) is 0 Å². The molecule has 0 amide bonds. The molecule has 3 heteroatoms. The van der Waals surface area contributed by atoms with E-state index < -0.39 is 0 Å². The summed E-state index contributed by atoms with van der Waals surface area (Å²) in [6.45, 7) is 6.74. The van der Waals surface area contributed by atoms with Crippen molar-refractivity contribution in [2.24, 2.45) is 0 Å². The van der Waals surface area contributed by atoms with Gasteiger partial charge in [-0.15, -0.1) is 11.3 Å². The van der Waals surface area contributed by atoms with Crippen molar-refractivity contribution in [2.45, 2.75) is 76.7 Å². The smallest absolute Gasteiger partial charge is 0.113 e. The van der Waals surface area contributed by atoms with Gasteiger partial charge in [0, 0.05) is 10.8 Å². The van der Waals surface area contributed by atoms with Crippen LogP contribution in [0.3, 0.4) is 0 Å². The molecule has 0 aromatic carbocycles. The van der Waals surface area contributed by atoms with Gasteiger partial charge < -0.3 is 5.32 Å². The van der Waals surface area contributed by atoms with Gasteiger partial charge in [-0.2, -0.15) is 0 Å². The highest BCUT2D eigenvalue weighted by Crippen LogP contribution is 2.38. The van der Waals surface area contributed by atoms with E-state index in [0.717, 1.165) is 0 Å². The van der Waals surface area contributed by atoms with E-state index in [1.54, 1.807) is 0 Å². The number of hydrogen-bond donors (Lipinski definition) is 1. The molecule has 0 bridgehead atoms. The Morgan fingerprint density at radius 2 is 1.68 bits per heavy atom. The molecule has 0 unspecified atom stereocenters. The minimum atomic E-state index is 0.134. The Bertz CT molecular complexity index is 395. The third-order valence-corrected chi connectivity index (χ3v) is 5.41. The van der Waals surface area contributed by atoms with E-state index in [4.69, 9.17) is 4.98 Å². The van der Waals surface area contributed by atoms with Crippen LogP contribution in [0.5, 0.6) is 0 Å². The molecule has 0 atom stereocenters. The summed E-state index contributed by atoms with van der Waals surface area (Å²) >= 11 is 1.85. The number of thiazole rings is 1. The normalized spacial score (nSPS) is 20.8. The van der Waals surface area contributed by atoms with Crippen LogP contribution < -0.4 is 5.32 Å². The van der Waals surface area contributed by atoms with E-state index in [2.05, 4.69) is 38.5 Å². The SMILES string of the molecule is CNC1(c2nc(C(C)(C)C)cs2)CCCCCCC1. The van der Waals surface area contributed by atoms with Crippen LogP contribution in [0.2, 0.25) is 0 Å². The molecule has 2 rings (SSSR count). The van der Waals surface area contributed by atoms with Crippen LogP contribution in [0.25, 0.3) is 0 Å². The monoisotopic (exact) mass is 280 g/mol. The van der Waals surface area contributed by atoms with Gasteiger partial charge in [-0.1, -0.05) is 52.9 Å². The molecule has 1 aliphatic carbocycles. The van der Waals surface area contributed by atoms with Gasteiger partial charge in [-0.05, 0) is 19.9 Å². The highest BCUT2D eigenvalue weighted by atomic mass is 32.1. The van der Waals surface area contributed by atoms with Crippen LogP contribution >= 0.6 is 11.3 Å². The Kier molecular flexibility index (Phi) is 4.67. The highest BCUT2D eigenvalue weighted by molar-refractivity contribution is 7.09. The van der Waals surface area contributed by atoms with Crippen molar-refractivity contribution in [3.05, 3.63) is 16.1 Å². The molecule has 108 valence electrons. The average Bonchev–Trinajstić information content (AvgIpc) is 2.79. The van der Waals surface area contributed by atoms with Crippen molar-refractivity contribution < 1.29 is 0 Å². The molecule has 1 N–H and O–H groups in total. The third kappa shape index (κ3) is 3.38. The van der Waals surface area contributed by atoms with Gasteiger partial charge in [0.05, 0.1) is 11.2 Å². The molecular weight excluding hydrogens is 252 g/mol. The Morgan fingerprint density at radius 1 is 1.11 bits per heavy atom. The Morgan fingerprint density at radius 3 is 2.16 bits per heavy atom. The molecule has 0 radical (unpaired) electrons. The lowest BCUT2D eigenvalue weighted by atomic mass is 9.84. The van der Waals surface area contributed by atoms with Crippen LogP contribution in [-0.4, -0.2) is 12.0 Å². The van der Waals surface area contributed by atoms with Crippen molar-refractivity contribution in [3.8, 4) is 0 Å². The second-order valence-corrected chi connectivity index (χ2v) is 7.75. The molecule has 1 fully saturated rings. The standard InChI is InChI=1S/C16H28N2S/c1-15(2,3)13-12-19-14(18-13)16(17-4)10-8-6-5-7-9-11-16/h12,17H,5-11H2,1-4H3. The van der Waals surface area contributed by atoms with E-state index in [9.17, 15) is 0 Å². The first-order chi connectivity index (χ1) is 8.98. The van der Waals surface area contributed by atoms with Crippen LogP contribution in [0, 0.1) is 0 Å². The molecule has 1 saturated carbocycles. The van der Waals surface area contributed by atoms with Crippen LogP contribution in [-0.2, 0) is 11.0 Å². The minimum absolute atomic E-state index is 0.134.